The van der Waals surface area contributed by atoms with Crippen LogP contribution in [0.15, 0.2) is 65.7 Å². The molecule has 0 saturated carbocycles. The average molecular weight is 1540 g/mol. The number of hydrogen-bond acceptors (Lipinski definition) is 21. The van der Waals surface area contributed by atoms with Crippen molar-refractivity contribution in [1.82, 2.24) is 61.7 Å². The molecule has 33 heteroatoms. The maximum Gasteiger partial charge on any atom is 0.336 e. The van der Waals surface area contributed by atoms with E-state index < -0.39 is 138 Å². The third kappa shape index (κ3) is 30.8. The molecule has 3 aromatic rings. The van der Waals surface area contributed by atoms with Crippen LogP contribution in [0.5, 0.6) is 5.75 Å². The fourth-order valence-corrected chi connectivity index (χ4v) is 11.6. The van der Waals surface area contributed by atoms with E-state index in [0.717, 1.165) is 15.7 Å². The highest BCUT2D eigenvalue weighted by Crippen LogP contribution is 2.23. The Hall–Kier alpha value is -8.80. The number of aliphatic carboxylic acids is 1. The molecule has 102 heavy (non-hydrogen) atoms. The van der Waals surface area contributed by atoms with Crippen LogP contribution in [0.2, 0.25) is 0 Å². The highest BCUT2D eigenvalue weighted by Gasteiger charge is 2.37. The van der Waals surface area contributed by atoms with Crippen LogP contribution in [0.4, 0.5) is 0 Å². The number of halogens is 1. The smallest absolute Gasteiger partial charge is 0.336 e. The van der Waals surface area contributed by atoms with Gasteiger partial charge in [-0.15, -0.1) is 0 Å². The molecule has 1 unspecified atom stereocenters. The average Bonchev–Trinajstić information content (AvgIpc) is 1.05. The minimum Gasteiger partial charge on any atom is -0.507 e. The highest BCUT2D eigenvalue weighted by atomic mass is 127. The largest absolute Gasteiger partial charge is 0.507 e. The number of ether oxygens (including phenoxy) is 3. The number of carbonyl (C=O) groups is 12. The third-order valence-electron chi connectivity index (χ3n) is 15.9. The van der Waals surface area contributed by atoms with Gasteiger partial charge in [0.2, 0.25) is 47.4 Å². The van der Waals surface area contributed by atoms with Gasteiger partial charge in [0.25, 0.3) is 5.91 Å². The number of carboxylic acids is 1. The van der Waals surface area contributed by atoms with Crippen molar-refractivity contribution in [3.05, 3.63) is 75.4 Å². The number of carbonyl (C=O) groups excluding carboxylic acids is 11. The van der Waals surface area contributed by atoms with Crippen LogP contribution in [0.3, 0.4) is 0 Å². The molecular formula is C69H102IN15O17. The first-order valence-electron chi connectivity index (χ1n) is 33.9. The molecule has 3 aromatic carbocycles. The number of phenolic OH excluding ortho intramolecular Hbond substituents is 1. The number of aromatic hydroxyl groups is 1. The van der Waals surface area contributed by atoms with Gasteiger partial charge in [0.15, 0.2) is 5.96 Å². The number of esters is 3. The number of aliphatic imine (C=N–C) groups is 1. The lowest BCUT2D eigenvalue weighted by Gasteiger charge is -2.34. The summed E-state index contributed by atoms with van der Waals surface area (Å²) in [7, 11) is 1.32. The van der Waals surface area contributed by atoms with Crippen LogP contribution in [-0.2, 0) is 84.6 Å². The molecule has 2 aliphatic rings. The molecule has 2 aliphatic heterocycles. The first-order chi connectivity index (χ1) is 47.8. The van der Waals surface area contributed by atoms with Crippen molar-refractivity contribution in [1.29, 1.82) is 0 Å². The summed E-state index contributed by atoms with van der Waals surface area (Å²) in [6, 6.07) is 10.0. The second-order valence-corrected chi connectivity index (χ2v) is 29.3. The Balaban J connectivity index is 1.32. The highest BCUT2D eigenvalue weighted by molar-refractivity contribution is 14.1. The molecule has 0 bridgehead atoms. The number of hydrogen-bond donors (Lipinski definition) is 11. The summed E-state index contributed by atoms with van der Waals surface area (Å²) in [4.78, 5) is 177. The molecule has 2 heterocycles. The number of benzene rings is 3. The van der Waals surface area contributed by atoms with Gasteiger partial charge in [0, 0.05) is 85.3 Å². The SMILES string of the molecule is CN1C(=O)[C@@H](Cc2ccc(O)c(I)c2)NC(=O)CNC(=O)[C@H](Cc2ccc3ccccc3c2)NC(=O)[C@H](CCCN=C(N)N)NC(=O)[C@H]1CCCNC(=O)CNC(=O)C(NC(=O)CN1CCN(CC(=O)OC(C)(C)C)CCN(CC(=O)OC(C)(C)C)CCN(CC(=O)OC(C)(C)C)CC1)C(=O)O. The Morgan fingerprint density at radius 1 is 0.608 bits per heavy atom. The molecule has 2 fully saturated rings. The number of phenols is 1. The molecule has 562 valence electrons. The molecule has 0 aliphatic carbocycles. The number of likely N-dealkylation sites (N-methyl/N-ethyl adjacent to an activating group) is 1. The molecule has 5 rings (SSSR count). The van der Waals surface area contributed by atoms with Gasteiger partial charge in [-0.1, -0.05) is 48.5 Å². The number of guanidine groups is 1. The summed E-state index contributed by atoms with van der Waals surface area (Å²) in [6.45, 7) is 14.8. The third-order valence-corrected chi connectivity index (χ3v) is 16.8. The number of fused-ring (bicyclic) bond motifs is 1. The summed E-state index contributed by atoms with van der Waals surface area (Å²) in [6.07, 6.45) is -0.314. The van der Waals surface area contributed by atoms with Gasteiger partial charge >= 0.3 is 23.9 Å². The molecule has 32 nitrogen and oxygen atoms in total. The van der Waals surface area contributed by atoms with E-state index in [9.17, 15) is 67.7 Å². The lowest BCUT2D eigenvalue weighted by molar-refractivity contribution is -0.158. The Bertz CT molecular complexity index is 3430. The molecule has 0 spiro atoms. The van der Waals surface area contributed by atoms with Crippen LogP contribution in [0, 0.1) is 3.57 Å². The van der Waals surface area contributed by atoms with Gasteiger partial charge < -0.3 is 78.0 Å². The zero-order valence-electron chi connectivity index (χ0n) is 60.0. The van der Waals surface area contributed by atoms with E-state index in [-0.39, 0.29) is 135 Å². The number of carboxylic acid groups (broad SMARTS) is 1. The maximum atomic E-state index is 14.8. The molecule has 0 radical (unpaired) electrons. The van der Waals surface area contributed by atoms with Gasteiger partial charge in [0.05, 0.1) is 42.8 Å². The topological polar surface area (TPSA) is 438 Å². The summed E-state index contributed by atoms with van der Waals surface area (Å²) >= 11 is 1.91. The van der Waals surface area contributed by atoms with Crippen molar-refractivity contribution in [2.75, 3.05) is 112 Å². The zero-order valence-corrected chi connectivity index (χ0v) is 62.1. The van der Waals surface area contributed by atoms with Crippen LogP contribution < -0.4 is 48.7 Å². The van der Waals surface area contributed by atoms with Crippen molar-refractivity contribution >= 4 is 110 Å². The Morgan fingerprint density at radius 3 is 1.63 bits per heavy atom. The summed E-state index contributed by atoms with van der Waals surface area (Å²) in [5.41, 5.74) is 9.97. The fraction of sp³-hybridized carbons (Fsp3) is 0.580. The van der Waals surface area contributed by atoms with Crippen molar-refractivity contribution in [3.63, 3.8) is 0 Å². The first kappa shape index (κ1) is 83.9. The number of nitrogens with one attached hydrogen (secondary N) is 7. The van der Waals surface area contributed by atoms with Crippen LogP contribution in [0.1, 0.15) is 99.1 Å². The standard InChI is InChI=1S/C69H102IN15O17/c1-67(2,3)100-56(90)40-83-27-25-82(26-28-84(41-57(91)101-68(4,5)6)30-32-85(31-29-83)42-58(92)102-69(7,8)9)39-55(89)80-59(65(98)99)63(96)76-37-53(87)73-23-14-18-51-62(95)78-48(17-13-24-74-66(71)72)61(94)79-49(35-43-19-21-45-15-11-12-16-46(45)33-43)60(93)75-38-54(88)77-50(64(97)81(51)10)36-44-20-22-52(86)47(70)34-44/h11-12,15-16,19-22,33-34,48-51,59,86H,13-14,17-18,23-32,35-42H2,1-10H3,(H,73,87)(H,75,93)(H,76,96)(H,77,88)(H,78,95)(H,79,94)(H,80,89)(H,98,99)(H4,71,72,74)/t48-,49-,50+,51+,59?/m0/s1. The monoisotopic (exact) mass is 1540 g/mol. The summed E-state index contributed by atoms with van der Waals surface area (Å²) in [5.74, 6) is -10.4. The van der Waals surface area contributed by atoms with Gasteiger partial charge in [-0.2, -0.15) is 0 Å². The predicted molar refractivity (Wildman–Crippen MR) is 386 cm³/mol. The minimum atomic E-state index is -2.19. The van der Waals surface area contributed by atoms with E-state index in [1.54, 1.807) is 95.2 Å². The number of rotatable bonds is 25. The Labute approximate surface area is 608 Å². The van der Waals surface area contributed by atoms with E-state index in [0.29, 0.717) is 14.7 Å². The van der Waals surface area contributed by atoms with E-state index in [4.69, 9.17) is 25.7 Å². The lowest BCUT2D eigenvalue weighted by atomic mass is 10.00. The van der Waals surface area contributed by atoms with Crippen LogP contribution >= 0.6 is 22.6 Å². The minimum absolute atomic E-state index is 0.0335. The molecule has 13 N–H and O–H groups in total. The van der Waals surface area contributed by atoms with Crippen molar-refractivity contribution < 1.29 is 82.0 Å². The molecule has 5 atom stereocenters. The van der Waals surface area contributed by atoms with E-state index in [2.05, 4.69) is 42.2 Å². The van der Waals surface area contributed by atoms with Crippen LogP contribution in [0.25, 0.3) is 10.8 Å². The van der Waals surface area contributed by atoms with Gasteiger partial charge in [-0.25, -0.2) is 4.79 Å². The van der Waals surface area contributed by atoms with Gasteiger partial charge in [0.1, 0.15) is 46.7 Å². The number of nitrogens with zero attached hydrogens (tertiary/aromatic N) is 6. The van der Waals surface area contributed by atoms with Crippen molar-refractivity contribution in [2.45, 2.75) is 148 Å². The second kappa shape index (κ2) is 39.6. The molecule has 2 saturated heterocycles. The maximum absolute atomic E-state index is 14.8. The number of amides is 8. The normalized spacial score (nSPS) is 19.1. The Morgan fingerprint density at radius 2 is 1.11 bits per heavy atom. The summed E-state index contributed by atoms with van der Waals surface area (Å²) < 4.78 is 17.3. The quantitative estimate of drug-likeness (QED) is 0.00943. The lowest BCUT2D eigenvalue weighted by Crippen LogP contribution is -2.58. The van der Waals surface area contributed by atoms with E-state index in [1.165, 1.54) is 13.1 Å². The number of nitrogens with two attached hydrogens (primary N) is 2. The van der Waals surface area contributed by atoms with Crippen LogP contribution in [-0.4, -0.2) is 271 Å². The summed E-state index contributed by atoms with van der Waals surface area (Å²) in [5, 5.41) is 40.2. The molecule has 0 aromatic heterocycles. The zero-order chi connectivity index (χ0) is 75.6. The van der Waals surface area contributed by atoms with Gasteiger partial charge in [-0.05, 0) is 145 Å². The Kier molecular flexibility index (Phi) is 32.5. The predicted octanol–water partition coefficient (Wildman–Crippen LogP) is -0.771. The van der Waals surface area contributed by atoms with E-state index in [1.807, 2.05) is 63.9 Å². The van der Waals surface area contributed by atoms with E-state index >= 15 is 0 Å². The first-order valence-corrected chi connectivity index (χ1v) is 34.9. The van der Waals surface area contributed by atoms with Crippen molar-refractivity contribution in [3.8, 4) is 5.75 Å². The second-order valence-electron chi connectivity index (χ2n) is 28.2. The molecular weight excluding hydrogens is 1440 g/mol. The van der Waals surface area contributed by atoms with Crippen molar-refractivity contribution in [2.24, 2.45) is 16.5 Å². The fourth-order valence-electron chi connectivity index (χ4n) is 11.1. The molecule has 8 amide bonds. The van der Waals surface area contributed by atoms with Gasteiger partial charge in [-0.3, -0.25) is 77.3 Å².